The van der Waals surface area contributed by atoms with Gasteiger partial charge in [-0.2, -0.15) is 0 Å². The van der Waals surface area contributed by atoms with E-state index in [1.54, 1.807) is 0 Å². The molecule has 0 aliphatic heterocycles. The van der Waals surface area contributed by atoms with Gasteiger partial charge in [-0.3, -0.25) is 4.79 Å². The number of anilines is 1. The number of hydrogen-bond donors (Lipinski definition) is 3. The molecule has 0 aromatic carbocycles. The Kier molecular flexibility index (Phi) is 4.98. The molecule has 0 aliphatic rings. The molecule has 5 heteroatoms. The highest BCUT2D eigenvalue weighted by atomic mass is 16.1. The molecule has 16 heavy (non-hydrogen) atoms. The van der Waals surface area contributed by atoms with E-state index in [9.17, 15) is 4.79 Å². The number of nitrogens with two attached hydrogens (primary N) is 1. The summed E-state index contributed by atoms with van der Waals surface area (Å²) in [5.41, 5.74) is 5.53. The smallest absolute Gasteiger partial charge is 0.252 e. The van der Waals surface area contributed by atoms with E-state index < -0.39 is 0 Å². The number of rotatable bonds is 6. The molecule has 0 fully saturated rings. The van der Waals surface area contributed by atoms with Gasteiger partial charge in [0.05, 0.1) is 0 Å². The molecule has 1 aromatic rings. The van der Waals surface area contributed by atoms with Gasteiger partial charge >= 0.3 is 0 Å². The highest BCUT2D eigenvalue weighted by Gasteiger charge is 1.99. The summed E-state index contributed by atoms with van der Waals surface area (Å²) in [6.07, 6.45) is 2.68. The molecule has 1 atom stereocenters. The van der Waals surface area contributed by atoms with Gasteiger partial charge in [0.25, 0.3) is 5.56 Å². The number of aromatic nitrogens is 2. The zero-order valence-corrected chi connectivity index (χ0v) is 9.92. The predicted octanol–water partition coefficient (Wildman–Crippen LogP) is 0.872. The maximum absolute atomic E-state index is 11.3. The number of aromatic amines is 1. The van der Waals surface area contributed by atoms with E-state index in [-0.39, 0.29) is 11.6 Å². The lowest BCUT2D eigenvalue weighted by Gasteiger charge is -2.07. The van der Waals surface area contributed by atoms with Crippen LogP contribution in [0.2, 0.25) is 0 Å². The summed E-state index contributed by atoms with van der Waals surface area (Å²) in [4.78, 5) is 18.2. The summed E-state index contributed by atoms with van der Waals surface area (Å²) in [6.45, 7) is 4.74. The van der Waals surface area contributed by atoms with Crippen molar-refractivity contribution in [2.75, 3.05) is 11.9 Å². The van der Waals surface area contributed by atoms with Crippen molar-refractivity contribution in [3.8, 4) is 0 Å². The molecule has 5 nitrogen and oxygen atoms in total. The largest absolute Gasteiger partial charge is 0.370 e. The Bertz CT molecular complexity index is 372. The molecule has 1 rings (SSSR count). The van der Waals surface area contributed by atoms with Gasteiger partial charge in [-0.15, -0.1) is 0 Å². The molecule has 0 amide bonds. The second-order valence-corrected chi connectivity index (χ2v) is 3.98. The normalized spacial score (nSPS) is 12.4. The van der Waals surface area contributed by atoms with Crippen molar-refractivity contribution in [1.29, 1.82) is 0 Å². The van der Waals surface area contributed by atoms with Gasteiger partial charge in [0.1, 0.15) is 11.6 Å². The average Bonchev–Trinajstić information content (AvgIpc) is 2.23. The van der Waals surface area contributed by atoms with Crippen LogP contribution in [0.15, 0.2) is 10.9 Å². The number of H-pyrrole nitrogens is 1. The molecule has 0 radical (unpaired) electrons. The molecular formula is C11H20N4O. The Morgan fingerprint density at radius 1 is 1.62 bits per heavy atom. The minimum Gasteiger partial charge on any atom is -0.370 e. The maximum Gasteiger partial charge on any atom is 0.252 e. The lowest BCUT2D eigenvalue weighted by molar-refractivity contribution is 0.638. The van der Waals surface area contributed by atoms with E-state index in [1.165, 1.54) is 6.07 Å². The van der Waals surface area contributed by atoms with E-state index in [0.717, 1.165) is 25.8 Å². The van der Waals surface area contributed by atoms with Gasteiger partial charge in [-0.25, -0.2) is 4.98 Å². The highest BCUT2D eigenvalue weighted by molar-refractivity contribution is 5.32. The summed E-state index contributed by atoms with van der Waals surface area (Å²) in [5, 5.41) is 3.13. The maximum atomic E-state index is 11.3. The molecule has 0 saturated heterocycles. The van der Waals surface area contributed by atoms with E-state index in [2.05, 4.69) is 15.3 Å². The first kappa shape index (κ1) is 12.7. The average molecular weight is 224 g/mol. The molecule has 90 valence electrons. The van der Waals surface area contributed by atoms with Crippen molar-refractivity contribution in [2.45, 2.75) is 39.2 Å². The Balaban J connectivity index is 2.47. The second kappa shape index (κ2) is 6.27. The molecule has 0 saturated carbocycles. The third kappa shape index (κ3) is 4.44. The number of hydrogen-bond acceptors (Lipinski definition) is 4. The minimum atomic E-state index is -0.110. The summed E-state index contributed by atoms with van der Waals surface area (Å²) in [6, 6.07) is 1.70. The summed E-state index contributed by atoms with van der Waals surface area (Å²) < 4.78 is 0. The van der Waals surface area contributed by atoms with E-state index >= 15 is 0 Å². The Morgan fingerprint density at radius 2 is 2.38 bits per heavy atom. The Hall–Kier alpha value is -1.36. The van der Waals surface area contributed by atoms with Gasteiger partial charge in [-0.05, 0) is 19.8 Å². The number of aryl methyl sites for hydroxylation is 1. The quantitative estimate of drug-likeness (QED) is 0.626. The summed E-state index contributed by atoms with van der Waals surface area (Å²) in [7, 11) is 0. The van der Waals surface area contributed by atoms with Crippen LogP contribution < -0.4 is 16.6 Å². The van der Waals surface area contributed by atoms with Crippen LogP contribution in [0.1, 0.15) is 32.5 Å². The van der Waals surface area contributed by atoms with Crippen molar-refractivity contribution >= 4 is 5.82 Å². The van der Waals surface area contributed by atoms with Crippen LogP contribution in [-0.4, -0.2) is 22.6 Å². The van der Waals surface area contributed by atoms with Crippen molar-refractivity contribution in [3.05, 3.63) is 22.2 Å². The monoisotopic (exact) mass is 224 g/mol. The predicted molar refractivity (Wildman–Crippen MR) is 65.6 cm³/mol. The third-order valence-electron chi connectivity index (χ3n) is 2.27. The molecule has 1 aromatic heterocycles. The topological polar surface area (TPSA) is 83.8 Å². The van der Waals surface area contributed by atoms with Crippen LogP contribution in [0.3, 0.4) is 0 Å². The fourth-order valence-electron chi connectivity index (χ4n) is 1.41. The standard InChI is InChI=1S/C11H20N4O/c1-3-9-14-10(7-11(16)15-9)13-6-4-5-8(2)12/h7-8H,3-6,12H2,1-2H3,(H2,13,14,15,16). The molecule has 1 heterocycles. The van der Waals surface area contributed by atoms with Crippen molar-refractivity contribution < 1.29 is 0 Å². The third-order valence-corrected chi connectivity index (χ3v) is 2.27. The summed E-state index contributed by atoms with van der Waals surface area (Å²) >= 11 is 0. The second-order valence-electron chi connectivity index (χ2n) is 3.98. The van der Waals surface area contributed by atoms with Gasteiger partial charge in [0, 0.05) is 25.1 Å². The first-order valence-electron chi connectivity index (χ1n) is 5.71. The van der Waals surface area contributed by atoms with Crippen LogP contribution in [0, 0.1) is 0 Å². The number of nitrogens with zero attached hydrogens (tertiary/aromatic N) is 1. The van der Waals surface area contributed by atoms with E-state index in [4.69, 9.17) is 5.73 Å². The number of nitrogens with one attached hydrogen (secondary N) is 2. The van der Waals surface area contributed by atoms with Gasteiger partial charge in [0.2, 0.25) is 0 Å². The van der Waals surface area contributed by atoms with Crippen molar-refractivity contribution in [3.63, 3.8) is 0 Å². The molecule has 1 unspecified atom stereocenters. The lowest BCUT2D eigenvalue weighted by Crippen LogP contribution is -2.17. The van der Waals surface area contributed by atoms with Gasteiger partial charge in [-0.1, -0.05) is 6.92 Å². The molecule has 0 spiro atoms. The van der Waals surface area contributed by atoms with Crippen LogP contribution in [0.5, 0.6) is 0 Å². The van der Waals surface area contributed by atoms with Crippen molar-refractivity contribution in [1.82, 2.24) is 9.97 Å². The Labute approximate surface area is 95.5 Å². The van der Waals surface area contributed by atoms with Crippen LogP contribution >= 0.6 is 0 Å². The van der Waals surface area contributed by atoms with Gasteiger partial charge in [0.15, 0.2) is 0 Å². The van der Waals surface area contributed by atoms with Crippen LogP contribution in [0.4, 0.5) is 5.82 Å². The first-order valence-corrected chi connectivity index (χ1v) is 5.71. The Morgan fingerprint density at radius 3 is 3.00 bits per heavy atom. The lowest BCUT2D eigenvalue weighted by atomic mass is 10.2. The fourth-order valence-corrected chi connectivity index (χ4v) is 1.41. The fraction of sp³-hybridized carbons (Fsp3) is 0.636. The molecule has 4 N–H and O–H groups in total. The minimum absolute atomic E-state index is 0.110. The molecular weight excluding hydrogens is 204 g/mol. The van der Waals surface area contributed by atoms with E-state index in [1.807, 2.05) is 13.8 Å². The SMILES string of the molecule is CCc1nc(NCCCC(C)N)cc(=O)[nH]1. The highest BCUT2D eigenvalue weighted by Crippen LogP contribution is 2.01. The molecule has 0 bridgehead atoms. The zero-order valence-electron chi connectivity index (χ0n) is 9.92. The summed E-state index contributed by atoms with van der Waals surface area (Å²) in [5.74, 6) is 1.35. The first-order chi connectivity index (χ1) is 7.61. The van der Waals surface area contributed by atoms with Crippen LogP contribution in [-0.2, 0) is 6.42 Å². The van der Waals surface area contributed by atoms with Crippen molar-refractivity contribution in [2.24, 2.45) is 5.73 Å². The van der Waals surface area contributed by atoms with E-state index in [0.29, 0.717) is 11.6 Å². The molecule has 0 aliphatic carbocycles. The zero-order chi connectivity index (χ0) is 12.0. The van der Waals surface area contributed by atoms with Gasteiger partial charge < -0.3 is 16.0 Å². The van der Waals surface area contributed by atoms with Crippen LogP contribution in [0.25, 0.3) is 0 Å².